The molecule has 2 aliphatic heterocycles. The van der Waals surface area contributed by atoms with Crippen LogP contribution in [0.1, 0.15) is 28.9 Å². The number of carbonyl (C=O) groups excluding carboxylic acids is 1. The lowest BCUT2D eigenvalue weighted by atomic mass is 10.1. The quantitative estimate of drug-likeness (QED) is 0.596. The standard InChI is InChI=1S/C25H28N4OS/c30-24(28-17-15-27(16-18-28)23-11-5-6-12-26-23)22-19-21(20-9-3-1-4-10-20)25(31-22)29-13-7-2-8-14-29/h1,3-6,9-12,19H,2,7-8,13-18H2. The van der Waals surface area contributed by atoms with E-state index in [0.29, 0.717) is 0 Å². The molecule has 0 atom stereocenters. The van der Waals surface area contributed by atoms with Crippen molar-refractivity contribution in [2.45, 2.75) is 19.3 Å². The van der Waals surface area contributed by atoms with Gasteiger partial charge < -0.3 is 14.7 Å². The van der Waals surface area contributed by atoms with Crippen LogP contribution in [0, 0.1) is 0 Å². The summed E-state index contributed by atoms with van der Waals surface area (Å²) in [5.74, 6) is 1.15. The Kier molecular flexibility index (Phi) is 5.89. The molecule has 5 nitrogen and oxygen atoms in total. The van der Waals surface area contributed by atoms with Gasteiger partial charge in [-0.15, -0.1) is 11.3 Å². The van der Waals surface area contributed by atoms with Crippen molar-refractivity contribution >= 4 is 28.1 Å². The van der Waals surface area contributed by atoms with Crippen LogP contribution in [0.3, 0.4) is 0 Å². The molecule has 160 valence electrons. The van der Waals surface area contributed by atoms with Crippen LogP contribution in [0.2, 0.25) is 0 Å². The van der Waals surface area contributed by atoms with Gasteiger partial charge in [0.15, 0.2) is 0 Å². The maximum absolute atomic E-state index is 13.4. The Morgan fingerprint density at radius 3 is 2.26 bits per heavy atom. The Morgan fingerprint density at radius 1 is 0.806 bits per heavy atom. The summed E-state index contributed by atoms with van der Waals surface area (Å²) in [5, 5.41) is 1.25. The fourth-order valence-electron chi connectivity index (χ4n) is 4.48. The number of rotatable bonds is 4. The number of amides is 1. The van der Waals surface area contributed by atoms with Crippen LogP contribution >= 0.6 is 11.3 Å². The van der Waals surface area contributed by atoms with Gasteiger partial charge in [-0.05, 0) is 43.0 Å². The maximum Gasteiger partial charge on any atom is 0.264 e. The fraction of sp³-hybridized carbons (Fsp3) is 0.360. The van der Waals surface area contributed by atoms with E-state index in [9.17, 15) is 4.79 Å². The first-order valence-electron chi connectivity index (χ1n) is 11.2. The van der Waals surface area contributed by atoms with Gasteiger partial charge in [0.25, 0.3) is 5.91 Å². The highest BCUT2D eigenvalue weighted by Crippen LogP contribution is 2.40. The van der Waals surface area contributed by atoms with Gasteiger partial charge in [-0.3, -0.25) is 4.79 Å². The number of thiophene rings is 1. The number of aromatic nitrogens is 1. The maximum atomic E-state index is 13.4. The molecule has 0 radical (unpaired) electrons. The summed E-state index contributed by atoms with van der Waals surface area (Å²) < 4.78 is 0. The van der Waals surface area contributed by atoms with Crippen molar-refractivity contribution in [3.8, 4) is 11.1 Å². The molecule has 2 saturated heterocycles. The summed E-state index contributed by atoms with van der Waals surface area (Å²) in [7, 11) is 0. The van der Waals surface area contributed by atoms with Gasteiger partial charge in [0.2, 0.25) is 0 Å². The number of piperazine rings is 1. The molecule has 0 saturated carbocycles. The van der Waals surface area contributed by atoms with Crippen LogP contribution in [-0.2, 0) is 0 Å². The van der Waals surface area contributed by atoms with Crippen LogP contribution in [0.15, 0.2) is 60.8 Å². The highest BCUT2D eigenvalue weighted by Gasteiger charge is 2.27. The molecule has 0 spiro atoms. The largest absolute Gasteiger partial charge is 0.363 e. The van der Waals surface area contributed by atoms with E-state index >= 15 is 0 Å². The summed E-state index contributed by atoms with van der Waals surface area (Å²) in [6.07, 6.45) is 5.58. The van der Waals surface area contributed by atoms with Crippen LogP contribution < -0.4 is 9.80 Å². The third-order valence-corrected chi connectivity index (χ3v) is 7.38. The van der Waals surface area contributed by atoms with Gasteiger partial charge in [-0.25, -0.2) is 4.98 Å². The molecule has 2 fully saturated rings. The van der Waals surface area contributed by atoms with Gasteiger partial charge in [0.1, 0.15) is 5.82 Å². The Hall–Kier alpha value is -2.86. The Morgan fingerprint density at radius 2 is 1.55 bits per heavy atom. The van der Waals surface area contributed by atoms with Crippen molar-refractivity contribution in [2.24, 2.45) is 0 Å². The molecule has 0 aliphatic carbocycles. The highest BCUT2D eigenvalue weighted by molar-refractivity contribution is 7.18. The van der Waals surface area contributed by atoms with Gasteiger partial charge in [-0.1, -0.05) is 36.4 Å². The molecule has 1 amide bonds. The smallest absolute Gasteiger partial charge is 0.264 e. The van der Waals surface area contributed by atoms with Crippen molar-refractivity contribution < 1.29 is 4.79 Å². The van der Waals surface area contributed by atoms with Crippen LogP contribution in [0.25, 0.3) is 11.1 Å². The second-order valence-corrected chi connectivity index (χ2v) is 9.24. The molecule has 2 aromatic heterocycles. The Balaban J connectivity index is 1.36. The number of piperidine rings is 1. The monoisotopic (exact) mass is 432 g/mol. The average Bonchev–Trinajstić information content (AvgIpc) is 3.31. The first kappa shape index (κ1) is 20.1. The predicted molar refractivity (Wildman–Crippen MR) is 128 cm³/mol. The molecule has 1 aromatic carbocycles. The summed E-state index contributed by atoms with van der Waals surface area (Å²) in [6.45, 7) is 5.25. The number of hydrogen-bond acceptors (Lipinski definition) is 5. The molecular formula is C25H28N4OS. The SMILES string of the molecule is O=C(c1cc(-c2ccccc2)c(N2CCCCC2)s1)N1CCN(c2ccccn2)CC1. The van der Waals surface area contributed by atoms with E-state index in [1.807, 2.05) is 35.4 Å². The van der Waals surface area contributed by atoms with Crippen LogP contribution in [0.4, 0.5) is 10.8 Å². The zero-order valence-electron chi connectivity index (χ0n) is 17.7. The number of anilines is 2. The molecule has 2 aliphatic rings. The summed E-state index contributed by atoms with van der Waals surface area (Å²) in [6, 6.07) is 18.6. The molecule has 6 heteroatoms. The predicted octanol–water partition coefficient (Wildman–Crippen LogP) is 4.76. The zero-order chi connectivity index (χ0) is 21.0. The van der Waals surface area contributed by atoms with Gasteiger partial charge in [-0.2, -0.15) is 0 Å². The number of nitrogens with zero attached hydrogens (tertiary/aromatic N) is 4. The Bertz CT molecular complexity index is 1010. The van der Waals surface area contributed by atoms with Gasteiger partial charge in [0, 0.05) is 51.0 Å². The van der Waals surface area contributed by atoms with E-state index in [1.54, 1.807) is 11.3 Å². The lowest BCUT2D eigenvalue weighted by Crippen LogP contribution is -2.48. The third-order valence-electron chi connectivity index (χ3n) is 6.19. The Labute approximate surface area is 187 Å². The minimum absolute atomic E-state index is 0.158. The molecule has 31 heavy (non-hydrogen) atoms. The van der Waals surface area contributed by atoms with Crippen molar-refractivity contribution in [1.29, 1.82) is 0 Å². The number of pyridine rings is 1. The van der Waals surface area contributed by atoms with Crippen molar-refractivity contribution in [2.75, 3.05) is 49.1 Å². The normalized spacial score (nSPS) is 17.1. The second-order valence-electron chi connectivity index (χ2n) is 8.21. The second kappa shape index (κ2) is 9.10. The minimum Gasteiger partial charge on any atom is -0.363 e. The first-order chi connectivity index (χ1) is 15.3. The number of hydrogen-bond donors (Lipinski definition) is 0. The molecule has 4 heterocycles. The summed E-state index contributed by atoms with van der Waals surface area (Å²) >= 11 is 1.67. The topological polar surface area (TPSA) is 39.7 Å². The average molecular weight is 433 g/mol. The number of benzene rings is 1. The van der Waals surface area contributed by atoms with Crippen molar-refractivity contribution in [1.82, 2.24) is 9.88 Å². The van der Waals surface area contributed by atoms with E-state index in [0.717, 1.165) is 50.0 Å². The molecule has 3 aromatic rings. The van der Waals surface area contributed by atoms with Crippen LogP contribution in [0.5, 0.6) is 0 Å². The molecule has 0 N–H and O–H groups in total. The van der Waals surface area contributed by atoms with E-state index in [2.05, 4.69) is 45.1 Å². The lowest BCUT2D eigenvalue weighted by molar-refractivity contribution is 0.0751. The summed E-state index contributed by atoms with van der Waals surface area (Å²) in [5.41, 5.74) is 2.39. The summed E-state index contributed by atoms with van der Waals surface area (Å²) in [4.78, 5) is 25.4. The fourth-order valence-corrected chi connectivity index (χ4v) is 5.68. The lowest BCUT2D eigenvalue weighted by Gasteiger charge is -2.35. The molecule has 0 unspecified atom stereocenters. The van der Waals surface area contributed by atoms with Crippen molar-refractivity contribution in [3.63, 3.8) is 0 Å². The van der Waals surface area contributed by atoms with Crippen molar-refractivity contribution in [3.05, 3.63) is 65.7 Å². The zero-order valence-corrected chi connectivity index (χ0v) is 18.6. The highest BCUT2D eigenvalue weighted by atomic mass is 32.1. The molecule has 5 rings (SSSR count). The molecular weight excluding hydrogens is 404 g/mol. The van der Waals surface area contributed by atoms with E-state index < -0.39 is 0 Å². The van der Waals surface area contributed by atoms with Gasteiger partial charge in [0.05, 0.1) is 9.88 Å². The first-order valence-corrected chi connectivity index (χ1v) is 12.0. The third kappa shape index (κ3) is 4.30. The minimum atomic E-state index is 0.158. The van der Waals surface area contributed by atoms with E-state index in [-0.39, 0.29) is 5.91 Å². The van der Waals surface area contributed by atoms with Crippen LogP contribution in [-0.4, -0.2) is 55.1 Å². The number of carbonyl (C=O) groups is 1. The van der Waals surface area contributed by atoms with E-state index in [1.165, 1.54) is 35.4 Å². The van der Waals surface area contributed by atoms with Gasteiger partial charge >= 0.3 is 0 Å². The van der Waals surface area contributed by atoms with E-state index in [4.69, 9.17) is 0 Å². The molecule has 0 bridgehead atoms.